The van der Waals surface area contributed by atoms with Crippen molar-refractivity contribution in [3.05, 3.63) is 58.5 Å². The number of hydrogen-bond donors (Lipinski definition) is 1. The van der Waals surface area contributed by atoms with Crippen molar-refractivity contribution < 1.29 is 23.7 Å². The van der Waals surface area contributed by atoms with Gasteiger partial charge in [-0.05, 0) is 36.8 Å². The SMILES string of the molecule is COc1cnc2c(-c3nc4c(Cl)cc5c(c4s3)OC[C@H](COC(=O)Nc3ccc(Cl)nc3)O5)cc(C)cc2n1. The van der Waals surface area contributed by atoms with Crippen LogP contribution in [-0.4, -0.2) is 52.5 Å². The smallest absolute Gasteiger partial charge is 0.411 e. The molecule has 0 saturated heterocycles. The van der Waals surface area contributed by atoms with E-state index >= 15 is 0 Å². The van der Waals surface area contributed by atoms with E-state index in [-0.39, 0.29) is 13.2 Å². The van der Waals surface area contributed by atoms with Gasteiger partial charge in [0, 0.05) is 11.6 Å². The standard InChI is InChI=1S/C26H19Cl2N5O5S/c1-12-5-15(21-17(6-12)32-20(35-2)9-30-21)25-33-22-16(27)7-18-23(24(22)39-25)36-10-14(38-18)11-37-26(34)31-13-3-4-19(28)29-8-13/h3-9,14H,10-11H2,1-2H3,(H,31,34)/t14-/m1/s1. The molecule has 6 rings (SSSR count). The van der Waals surface area contributed by atoms with Crippen LogP contribution in [-0.2, 0) is 4.74 Å². The molecule has 0 bridgehead atoms. The largest absolute Gasteiger partial charge is 0.484 e. The van der Waals surface area contributed by atoms with Crippen LogP contribution >= 0.6 is 34.5 Å². The summed E-state index contributed by atoms with van der Waals surface area (Å²) in [4.78, 5) is 30.0. The van der Waals surface area contributed by atoms with Gasteiger partial charge in [0.15, 0.2) is 17.6 Å². The first-order valence-corrected chi connectivity index (χ1v) is 13.2. The Balaban J connectivity index is 1.24. The van der Waals surface area contributed by atoms with Crippen LogP contribution in [0.25, 0.3) is 31.8 Å². The summed E-state index contributed by atoms with van der Waals surface area (Å²) in [5, 5.41) is 4.03. The summed E-state index contributed by atoms with van der Waals surface area (Å²) in [5.41, 5.74) is 4.29. The number of thiazole rings is 1. The molecule has 0 spiro atoms. The first-order chi connectivity index (χ1) is 18.9. The number of methoxy groups -OCH3 is 1. The second-order valence-electron chi connectivity index (χ2n) is 8.62. The monoisotopic (exact) mass is 583 g/mol. The number of carbonyl (C=O) groups excluding carboxylic acids is 1. The van der Waals surface area contributed by atoms with Crippen molar-refractivity contribution in [3.8, 4) is 28.0 Å². The van der Waals surface area contributed by atoms with Gasteiger partial charge in [0.2, 0.25) is 5.88 Å². The van der Waals surface area contributed by atoms with Gasteiger partial charge in [0.05, 0.1) is 41.2 Å². The van der Waals surface area contributed by atoms with Crippen LogP contribution in [0.1, 0.15) is 5.56 Å². The Bertz CT molecular complexity index is 1730. The number of rotatable bonds is 5. The van der Waals surface area contributed by atoms with Crippen LogP contribution in [0.4, 0.5) is 10.5 Å². The van der Waals surface area contributed by atoms with Gasteiger partial charge in [0.1, 0.15) is 33.6 Å². The van der Waals surface area contributed by atoms with Crippen LogP contribution in [0.2, 0.25) is 10.2 Å². The van der Waals surface area contributed by atoms with Gasteiger partial charge in [-0.1, -0.05) is 23.2 Å². The molecule has 39 heavy (non-hydrogen) atoms. The third-order valence-electron chi connectivity index (χ3n) is 5.83. The van der Waals surface area contributed by atoms with E-state index in [9.17, 15) is 4.79 Å². The van der Waals surface area contributed by atoms with Gasteiger partial charge in [-0.3, -0.25) is 5.32 Å². The minimum Gasteiger partial charge on any atom is -0.484 e. The third kappa shape index (κ3) is 5.08. The number of ether oxygens (including phenoxy) is 4. The third-order valence-corrected chi connectivity index (χ3v) is 7.43. The van der Waals surface area contributed by atoms with E-state index in [0.29, 0.717) is 49.8 Å². The number of nitrogens with zero attached hydrogens (tertiary/aromatic N) is 4. The highest BCUT2D eigenvalue weighted by atomic mass is 35.5. The fourth-order valence-electron chi connectivity index (χ4n) is 4.09. The first-order valence-electron chi connectivity index (χ1n) is 11.7. The predicted molar refractivity (Wildman–Crippen MR) is 149 cm³/mol. The number of amides is 1. The highest BCUT2D eigenvalue weighted by Gasteiger charge is 2.28. The summed E-state index contributed by atoms with van der Waals surface area (Å²) < 4.78 is 23.4. The van der Waals surface area contributed by atoms with E-state index in [1.165, 1.54) is 17.5 Å². The molecule has 5 aromatic rings. The number of fused-ring (bicyclic) bond motifs is 4. The van der Waals surface area contributed by atoms with E-state index in [0.717, 1.165) is 20.8 Å². The molecule has 0 unspecified atom stereocenters. The van der Waals surface area contributed by atoms with Gasteiger partial charge < -0.3 is 18.9 Å². The molecular formula is C26H19Cl2N5O5S. The van der Waals surface area contributed by atoms with Crippen LogP contribution in [0.5, 0.6) is 17.4 Å². The van der Waals surface area contributed by atoms with Crippen molar-refractivity contribution in [1.82, 2.24) is 19.9 Å². The van der Waals surface area contributed by atoms with Crippen LogP contribution < -0.4 is 19.5 Å². The molecule has 1 aliphatic rings. The second kappa shape index (κ2) is 10.3. The summed E-state index contributed by atoms with van der Waals surface area (Å²) in [6, 6.07) is 8.80. The predicted octanol–water partition coefficient (Wildman–Crippen LogP) is 6.31. The average Bonchev–Trinajstić information content (AvgIpc) is 3.38. The number of hydrogen-bond acceptors (Lipinski definition) is 10. The van der Waals surface area contributed by atoms with Gasteiger partial charge in [0.25, 0.3) is 0 Å². The highest BCUT2D eigenvalue weighted by molar-refractivity contribution is 7.22. The van der Waals surface area contributed by atoms with Gasteiger partial charge in [-0.25, -0.2) is 24.7 Å². The van der Waals surface area contributed by atoms with Crippen LogP contribution in [0.3, 0.4) is 0 Å². The summed E-state index contributed by atoms with van der Waals surface area (Å²) in [6.07, 6.45) is 1.83. The number of nitrogens with one attached hydrogen (secondary N) is 1. The Morgan fingerprint density at radius 1 is 1.15 bits per heavy atom. The number of benzene rings is 2. The highest BCUT2D eigenvalue weighted by Crippen LogP contribution is 2.47. The fraction of sp³-hybridized carbons (Fsp3) is 0.192. The molecule has 0 aliphatic carbocycles. The molecule has 0 radical (unpaired) electrons. The van der Waals surface area contributed by atoms with Crippen molar-refractivity contribution in [2.75, 3.05) is 25.6 Å². The van der Waals surface area contributed by atoms with E-state index in [1.807, 2.05) is 19.1 Å². The van der Waals surface area contributed by atoms with Crippen molar-refractivity contribution in [2.45, 2.75) is 13.0 Å². The van der Waals surface area contributed by atoms with Crippen LogP contribution in [0, 0.1) is 6.92 Å². The zero-order valence-corrected chi connectivity index (χ0v) is 22.9. The lowest BCUT2D eigenvalue weighted by Crippen LogP contribution is -2.35. The van der Waals surface area contributed by atoms with E-state index in [2.05, 4.69) is 20.3 Å². The summed E-state index contributed by atoms with van der Waals surface area (Å²) >= 11 is 13.8. The zero-order valence-electron chi connectivity index (χ0n) is 20.5. The van der Waals surface area contributed by atoms with E-state index in [4.69, 9.17) is 47.1 Å². The number of halogens is 2. The molecule has 13 heteroatoms. The molecule has 0 fully saturated rings. The van der Waals surface area contributed by atoms with Crippen molar-refractivity contribution in [2.24, 2.45) is 0 Å². The molecule has 198 valence electrons. The molecule has 0 saturated carbocycles. The zero-order chi connectivity index (χ0) is 27.1. The summed E-state index contributed by atoms with van der Waals surface area (Å²) in [5.74, 6) is 1.42. The minimum atomic E-state index is -0.653. The molecule has 2 aromatic carbocycles. The van der Waals surface area contributed by atoms with Crippen molar-refractivity contribution in [3.63, 3.8) is 0 Å². The molecule has 10 nitrogen and oxygen atoms in total. The Kier molecular flexibility index (Phi) is 6.71. The summed E-state index contributed by atoms with van der Waals surface area (Å²) in [7, 11) is 1.55. The molecule has 4 heterocycles. The van der Waals surface area contributed by atoms with Gasteiger partial charge in [-0.2, -0.15) is 0 Å². The molecular weight excluding hydrogens is 565 g/mol. The number of carbonyl (C=O) groups is 1. The first kappa shape index (κ1) is 25.4. The molecule has 1 N–H and O–H groups in total. The lowest BCUT2D eigenvalue weighted by atomic mass is 10.1. The Hall–Kier alpha value is -3.93. The van der Waals surface area contributed by atoms with E-state index < -0.39 is 12.2 Å². The lowest BCUT2D eigenvalue weighted by Gasteiger charge is -2.26. The lowest BCUT2D eigenvalue weighted by molar-refractivity contribution is 0.0384. The minimum absolute atomic E-state index is 0.0344. The average molecular weight is 584 g/mol. The quantitative estimate of drug-likeness (QED) is 0.237. The maximum absolute atomic E-state index is 12.2. The fourth-order valence-corrected chi connectivity index (χ4v) is 5.59. The normalized spacial score (nSPS) is 14.4. The molecule has 1 atom stereocenters. The topological polar surface area (TPSA) is 118 Å². The number of pyridine rings is 1. The Labute approximate surface area is 235 Å². The van der Waals surface area contributed by atoms with Crippen LogP contribution in [0.15, 0.2) is 42.7 Å². The number of aromatic nitrogens is 4. The molecule has 3 aromatic heterocycles. The maximum atomic E-state index is 12.2. The Morgan fingerprint density at radius 3 is 2.82 bits per heavy atom. The van der Waals surface area contributed by atoms with Crippen molar-refractivity contribution >= 4 is 67.6 Å². The van der Waals surface area contributed by atoms with Gasteiger partial charge >= 0.3 is 6.09 Å². The Morgan fingerprint density at radius 2 is 2.03 bits per heavy atom. The molecule has 1 aliphatic heterocycles. The number of anilines is 1. The maximum Gasteiger partial charge on any atom is 0.411 e. The number of aryl methyl sites for hydroxylation is 1. The van der Waals surface area contributed by atoms with E-state index in [1.54, 1.807) is 31.5 Å². The second-order valence-corrected chi connectivity index (χ2v) is 10.4. The summed E-state index contributed by atoms with van der Waals surface area (Å²) in [6.45, 7) is 2.12. The van der Waals surface area contributed by atoms with Crippen molar-refractivity contribution in [1.29, 1.82) is 0 Å². The van der Waals surface area contributed by atoms with Gasteiger partial charge in [-0.15, -0.1) is 11.3 Å². The molecule has 1 amide bonds.